The SMILES string of the molecule is CC(C)CCCC(C)Oc1ccc2c(NC(=O)c3ccc(OC(F)(F)F)cc3)n[nH]c2c1. The summed E-state index contributed by atoms with van der Waals surface area (Å²) in [6, 6.07) is 10.1. The molecule has 1 atom stereocenters. The van der Waals surface area contributed by atoms with Crippen LogP contribution in [0.3, 0.4) is 0 Å². The number of fused-ring (bicyclic) bond motifs is 1. The Morgan fingerprint density at radius 3 is 2.41 bits per heavy atom. The predicted octanol–water partition coefficient (Wildman–Crippen LogP) is 6.31. The zero-order valence-electron chi connectivity index (χ0n) is 18.1. The molecule has 6 nitrogen and oxygen atoms in total. The van der Waals surface area contributed by atoms with Gasteiger partial charge in [-0.25, -0.2) is 0 Å². The van der Waals surface area contributed by atoms with E-state index in [-0.39, 0.29) is 11.7 Å². The van der Waals surface area contributed by atoms with Crippen molar-refractivity contribution in [1.29, 1.82) is 0 Å². The number of hydrogen-bond donors (Lipinski definition) is 2. The topological polar surface area (TPSA) is 76.2 Å². The zero-order chi connectivity index (χ0) is 23.3. The maximum Gasteiger partial charge on any atom is 0.573 e. The van der Waals surface area contributed by atoms with Gasteiger partial charge in [-0.15, -0.1) is 13.2 Å². The number of rotatable bonds is 9. The fourth-order valence-corrected chi connectivity index (χ4v) is 3.26. The van der Waals surface area contributed by atoms with Crippen molar-refractivity contribution in [3.05, 3.63) is 48.0 Å². The highest BCUT2D eigenvalue weighted by Gasteiger charge is 2.31. The fourth-order valence-electron chi connectivity index (χ4n) is 3.26. The molecule has 0 saturated carbocycles. The number of carbonyl (C=O) groups is 1. The molecule has 2 aromatic carbocycles. The van der Waals surface area contributed by atoms with Gasteiger partial charge in [-0.05, 0) is 62.1 Å². The fraction of sp³-hybridized carbons (Fsp3) is 0.391. The molecule has 0 saturated heterocycles. The van der Waals surface area contributed by atoms with Gasteiger partial charge in [0.15, 0.2) is 5.82 Å². The standard InChI is InChI=1S/C23H26F3N3O3/c1-14(2)5-4-6-15(3)31-18-11-12-19-20(13-18)28-29-21(19)27-22(30)16-7-9-17(10-8-16)32-23(24,25)26/h7-15H,4-6H2,1-3H3,(H2,27,28,29,30). The first-order valence-corrected chi connectivity index (χ1v) is 10.4. The van der Waals surface area contributed by atoms with Gasteiger partial charge in [-0.2, -0.15) is 5.10 Å². The highest BCUT2D eigenvalue weighted by molar-refractivity contribution is 6.07. The predicted molar refractivity (Wildman–Crippen MR) is 116 cm³/mol. The summed E-state index contributed by atoms with van der Waals surface area (Å²) >= 11 is 0. The van der Waals surface area contributed by atoms with Crippen LogP contribution in [0.1, 0.15) is 50.4 Å². The molecule has 0 bridgehead atoms. The number of amides is 1. The monoisotopic (exact) mass is 449 g/mol. The summed E-state index contributed by atoms with van der Waals surface area (Å²) in [4.78, 5) is 12.5. The van der Waals surface area contributed by atoms with E-state index in [4.69, 9.17) is 4.74 Å². The Balaban J connectivity index is 1.62. The van der Waals surface area contributed by atoms with Gasteiger partial charge in [0.2, 0.25) is 0 Å². The van der Waals surface area contributed by atoms with Crippen LogP contribution in [0.2, 0.25) is 0 Å². The van der Waals surface area contributed by atoms with Gasteiger partial charge in [0.05, 0.1) is 11.6 Å². The van der Waals surface area contributed by atoms with Gasteiger partial charge >= 0.3 is 6.36 Å². The minimum atomic E-state index is -4.79. The minimum absolute atomic E-state index is 0.0811. The Hall–Kier alpha value is -3.23. The molecule has 172 valence electrons. The molecule has 1 heterocycles. The van der Waals surface area contributed by atoms with Crippen LogP contribution in [-0.2, 0) is 0 Å². The van der Waals surface area contributed by atoms with E-state index in [2.05, 4.69) is 34.1 Å². The third-order valence-electron chi connectivity index (χ3n) is 4.85. The lowest BCUT2D eigenvalue weighted by molar-refractivity contribution is -0.274. The second-order valence-corrected chi connectivity index (χ2v) is 8.06. The maximum atomic E-state index is 12.5. The van der Waals surface area contributed by atoms with Crippen molar-refractivity contribution in [2.45, 2.75) is 52.5 Å². The first-order chi connectivity index (χ1) is 15.1. The highest BCUT2D eigenvalue weighted by Crippen LogP contribution is 2.27. The molecule has 9 heteroatoms. The summed E-state index contributed by atoms with van der Waals surface area (Å²) in [5.41, 5.74) is 0.868. The van der Waals surface area contributed by atoms with Crippen molar-refractivity contribution >= 4 is 22.6 Å². The molecule has 1 aromatic heterocycles. The smallest absolute Gasteiger partial charge is 0.491 e. The van der Waals surface area contributed by atoms with Crippen LogP contribution in [-0.4, -0.2) is 28.6 Å². The maximum absolute atomic E-state index is 12.5. The lowest BCUT2D eigenvalue weighted by Crippen LogP contribution is -2.17. The third-order valence-corrected chi connectivity index (χ3v) is 4.85. The molecule has 0 fully saturated rings. The summed E-state index contributed by atoms with van der Waals surface area (Å²) < 4.78 is 46.6. The van der Waals surface area contributed by atoms with Gasteiger partial charge in [-0.3, -0.25) is 9.89 Å². The number of benzene rings is 2. The van der Waals surface area contributed by atoms with Crippen LogP contribution in [0.25, 0.3) is 10.9 Å². The Morgan fingerprint density at radius 2 is 1.75 bits per heavy atom. The summed E-state index contributed by atoms with van der Waals surface area (Å²) in [6.07, 6.45) is -1.48. The first kappa shape index (κ1) is 23.4. The van der Waals surface area contributed by atoms with Gasteiger partial charge in [-0.1, -0.05) is 20.3 Å². The molecule has 1 unspecified atom stereocenters. The van der Waals surface area contributed by atoms with E-state index < -0.39 is 18.0 Å². The van der Waals surface area contributed by atoms with Crippen molar-refractivity contribution in [2.24, 2.45) is 5.92 Å². The Morgan fingerprint density at radius 1 is 1.06 bits per heavy atom. The number of halogens is 3. The molecule has 3 rings (SSSR count). The number of alkyl halides is 3. The van der Waals surface area contributed by atoms with E-state index in [9.17, 15) is 18.0 Å². The van der Waals surface area contributed by atoms with Crippen LogP contribution in [0.5, 0.6) is 11.5 Å². The molecule has 2 N–H and O–H groups in total. The Kier molecular flexibility index (Phi) is 7.27. The van der Waals surface area contributed by atoms with Crippen molar-refractivity contribution in [3.63, 3.8) is 0 Å². The summed E-state index contributed by atoms with van der Waals surface area (Å²) in [7, 11) is 0. The Bertz CT molecular complexity index is 1050. The van der Waals surface area contributed by atoms with Crippen molar-refractivity contribution < 1.29 is 27.4 Å². The number of H-pyrrole nitrogens is 1. The van der Waals surface area contributed by atoms with Crippen molar-refractivity contribution in [2.75, 3.05) is 5.32 Å². The average molecular weight is 449 g/mol. The minimum Gasteiger partial charge on any atom is -0.491 e. The number of anilines is 1. The average Bonchev–Trinajstić information content (AvgIpc) is 3.09. The molecule has 0 aliphatic rings. The summed E-state index contributed by atoms with van der Waals surface area (Å²) in [6.45, 7) is 6.44. The molecular weight excluding hydrogens is 423 g/mol. The number of nitrogens with one attached hydrogen (secondary N) is 2. The van der Waals surface area contributed by atoms with E-state index in [1.165, 1.54) is 12.1 Å². The molecule has 0 aliphatic carbocycles. The molecule has 0 radical (unpaired) electrons. The van der Waals surface area contributed by atoms with Crippen LogP contribution in [0.4, 0.5) is 19.0 Å². The third kappa shape index (κ3) is 6.63. The van der Waals surface area contributed by atoms with E-state index in [0.717, 1.165) is 31.4 Å². The molecular formula is C23H26F3N3O3. The number of hydrogen-bond acceptors (Lipinski definition) is 4. The summed E-state index contributed by atoms with van der Waals surface area (Å²) in [5, 5.41) is 10.3. The molecule has 3 aromatic rings. The molecule has 0 aliphatic heterocycles. The van der Waals surface area contributed by atoms with Crippen LogP contribution >= 0.6 is 0 Å². The molecule has 1 amide bonds. The van der Waals surface area contributed by atoms with Crippen molar-refractivity contribution in [3.8, 4) is 11.5 Å². The van der Waals surface area contributed by atoms with Gasteiger partial charge in [0.25, 0.3) is 5.91 Å². The number of nitrogens with zero attached hydrogens (tertiary/aromatic N) is 1. The van der Waals surface area contributed by atoms with Crippen LogP contribution < -0.4 is 14.8 Å². The van der Waals surface area contributed by atoms with E-state index in [1.54, 1.807) is 6.07 Å². The first-order valence-electron chi connectivity index (χ1n) is 10.4. The number of aromatic amines is 1. The van der Waals surface area contributed by atoms with E-state index >= 15 is 0 Å². The molecule has 32 heavy (non-hydrogen) atoms. The second-order valence-electron chi connectivity index (χ2n) is 8.06. The molecule has 0 spiro atoms. The van der Waals surface area contributed by atoms with Crippen LogP contribution in [0, 0.1) is 5.92 Å². The Labute approximate surface area is 184 Å². The van der Waals surface area contributed by atoms with Gasteiger partial charge < -0.3 is 14.8 Å². The van der Waals surface area contributed by atoms with E-state index in [0.29, 0.717) is 28.4 Å². The lowest BCUT2D eigenvalue weighted by Gasteiger charge is -2.15. The van der Waals surface area contributed by atoms with Gasteiger partial charge in [0, 0.05) is 17.0 Å². The highest BCUT2D eigenvalue weighted by atomic mass is 19.4. The van der Waals surface area contributed by atoms with Crippen LogP contribution in [0.15, 0.2) is 42.5 Å². The second kappa shape index (κ2) is 9.93. The number of ether oxygens (including phenoxy) is 2. The number of aromatic nitrogens is 2. The number of carbonyl (C=O) groups excluding carboxylic acids is 1. The lowest BCUT2D eigenvalue weighted by atomic mass is 10.0. The quantitative estimate of drug-likeness (QED) is 0.402. The van der Waals surface area contributed by atoms with Gasteiger partial charge in [0.1, 0.15) is 11.5 Å². The van der Waals surface area contributed by atoms with Crippen molar-refractivity contribution in [1.82, 2.24) is 10.2 Å². The normalized spacial score (nSPS) is 12.7. The summed E-state index contributed by atoms with van der Waals surface area (Å²) in [5.74, 6) is 0.790. The zero-order valence-corrected chi connectivity index (χ0v) is 18.1. The van der Waals surface area contributed by atoms with E-state index in [1.807, 2.05) is 19.1 Å². The largest absolute Gasteiger partial charge is 0.573 e.